The Bertz CT molecular complexity index is 884. The van der Waals surface area contributed by atoms with Crippen LogP contribution in [0.4, 0.5) is 13.2 Å². The molecule has 2 aromatic rings. The van der Waals surface area contributed by atoms with Gasteiger partial charge in [-0.05, 0) is 48.6 Å². The molecule has 1 aliphatic rings. The zero-order chi connectivity index (χ0) is 20.4. The van der Waals surface area contributed by atoms with Crippen molar-refractivity contribution in [3.8, 4) is 0 Å². The van der Waals surface area contributed by atoms with Crippen molar-refractivity contribution in [3.63, 3.8) is 0 Å². The third-order valence-electron chi connectivity index (χ3n) is 5.13. The van der Waals surface area contributed by atoms with Crippen LogP contribution in [0.3, 0.4) is 0 Å². The van der Waals surface area contributed by atoms with Gasteiger partial charge in [0.25, 0.3) is 5.91 Å². The van der Waals surface area contributed by atoms with Gasteiger partial charge in [0.05, 0.1) is 5.56 Å². The molecule has 7 heteroatoms. The standard InChI is InChI=1S/C21H21F3N2O2/c1-26(2)21(28)18-11-15(10-17(18)12-3-5-13(22)6-4-12)25-20(27)16-8-7-14(23)9-19(16)24/h3-9,15,17-18H,10-11H2,1-2H3,(H,25,27)/t15-,17+,18-/m0/s1. The van der Waals surface area contributed by atoms with Gasteiger partial charge in [0.15, 0.2) is 0 Å². The Labute approximate surface area is 161 Å². The average molecular weight is 390 g/mol. The molecule has 1 saturated carbocycles. The van der Waals surface area contributed by atoms with E-state index in [9.17, 15) is 22.8 Å². The molecule has 148 valence electrons. The van der Waals surface area contributed by atoms with E-state index >= 15 is 0 Å². The molecule has 28 heavy (non-hydrogen) atoms. The summed E-state index contributed by atoms with van der Waals surface area (Å²) in [6.07, 6.45) is 0.845. The van der Waals surface area contributed by atoms with E-state index in [1.807, 2.05) is 0 Å². The van der Waals surface area contributed by atoms with Gasteiger partial charge in [0.2, 0.25) is 5.91 Å². The lowest BCUT2D eigenvalue weighted by Crippen LogP contribution is -2.35. The molecule has 2 aromatic carbocycles. The first-order valence-corrected chi connectivity index (χ1v) is 8.98. The number of benzene rings is 2. The highest BCUT2D eigenvalue weighted by Crippen LogP contribution is 2.41. The molecule has 0 spiro atoms. The first kappa shape index (κ1) is 19.9. The molecule has 4 nitrogen and oxygen atoms in total. The minimum Gasteiger partial charge on any atom is -0.349 e. The van der Waals surface area contributed by atoms with Gasteiger partial charge in [-0.3, -0.25) is 9.59 Å². The van der Waals surface area contributed by atoms with Crippen molar-refractivity contribution < 1.29 is 22.8 Å². The molecule has 0 unspecified atom stereocenters. The molecular weight excluding hydrogens is 369 g/mol. The molecule has 1 aliphatic carbocycles. The number of carbonyl (C=O) groups excluding carboxylic acids is 2. The summed E-state index contributed by atoms with van der Waals surface area (Å²) >= 11 is 0. The number of rotatable bonds is 4. The predicted molar refractivity (Wildman–Crippen MR) is 98.2 cm³/mol. The minimum atomic E-state index is -0.938. The maximum absolute atomic E-state index is 13.9. The Hall–Kier alpha value is -2.83. The molecule has 0 bridgehead atoms. The minimum absolute atomic E-state index is 0.0842. The smallest absolute Gasteiger partial charge is 0.254 e. The highest BCUT2D eigenvalue weighted by Gasteiger charge is 2.41. The van der Waals surface area contributed by atoms with E-state index in [1.54, 1.807) is 26.2 Å². The van der Waals surface area contributed by atoms with Gasteiger partial charge in [-0.1, -0.05) is 12.1 Å². The summed E-state index contributed by atoms with van der Waals surface area (Å²) in [5.41, 5.74) is 0.563. The molecule has 3 atom stereocenters. The Morgan fingerprint density at radius 2 is 1.61 bits per heavy atom. The summed E-state index contributed by atoms with van der Waals surface area (Å²) in [6, 6.07) is 8.36. The fourth-order valence-corrected chi connectivity index (χ4v) is 3.78. The highest BCUT2D eigenvalue weighted by atomic mass is 19.1. The molecule has 1 N–H and O–H groups in total. The molecule has 0 radical (unpaired) electrons. The molecule has 0 aromatic heterocycles. The van der Waals surface area contributed by atoms with E-state index in [1.165, 1.54) is 17.0 Å². The maximum atomic E-state index is 13.9. The van der Waals surface area contributed by atoms with E-state index in [0.717, 1.165) is 17.7 Å². The number of hydrogen-bond acceptors (Lipinski definition) is 2. The van der Waals surface area contributed by atoms with Crippen LogP contribution in [0.5, 0.6) is 0 Å². The van der Waals surface area contributed by atoms with Crippen LogP contribution in [0.15, 0.2) is 42.5 Å². The molecular formula is C21H21F3N2O2. The third-order valence-corrected chi connectivity index (χ3v) is 5.13. The van der Waals surface area contributed by atoms with Gasteiger partial charge in [0, 0.05) is 32.1 Å². The van der Waals surface area contributed by atoms with Gasteiger partial charge in [-0.2, -0.15) is 0 Å². The molecule has 0 heterocycles. The second-order valence-electron chi connectivity index (χ2n) is 7.26. The fourth-order valence-electron chi connectivity index (χ4n) is 3.78. The van der Waals surface area contributed by atoms with Crippen LogP contribution >= 0.6 is 0 Å². The summed E-state index contributed by atoms with van der Waals surface area (Å²) in [4.78, 5) is 26.5. The zero-order valence-electron chi connectivity index (χ0n) is 15.6. The lowest BCUT2D eigenvalue weighted by molar-refractivity contribution is -0.133. The van der Waals surface area contributed by atoms with Crippen molar-refractivity contribution in [1.29, 1.82) is 0 Å². The van der Waals surface area contributed by atoms with Crippen molar-refractivity contribution in [2.24, 2.45) is 5.92 Å². The fraction of sp³-hybridized carbons (Fsp3) is 0.333. The third kappa shape index (κ3) is 4.18. The molecule has 3 rings (SSSR count). The summed E-state index contributed by atoms with van der Waals surface area (Å²) in [7, 11) is 3.31. The predicted octanol–water partition coefficient (Wildman–Crippen LogP) is 3.48. The Morgan fingerprint density at radius 1 is 0.964 bits per heavy atom. The van der Waals surface area contributed by atoms with Crippen LogP contribution in [0.1, 0.15) is 34.7 Å². The van der Waals surface area contributed by atoms with Crippen LogP contribution in [0.2, 0.25) is 0 Å². The average Bonchev–Trinajstić information content (AvgIpc) is 3.05. The Morgan fingerprint density at radius 3 is 2.21 bits per heavy atom. The highest BCUT2D eigenvalue weighted by molar-refractivity contribution is 5.94. The largest absolute Gasteiger partial charge is 0.349 e. The first-order valence-electron chi connectivity index (χ1n) is 8.98. The van der Waals surface area contributed by atoms with Gasteiger partial charge in [-0.25, -0.2) is 13.2 Å². The zero-order valence-corrected chi connectivity index (χ0v) is 15.6. The van der Waals surface area contributed by atoms with Crippen LogP contribution in [0.25, 0.3) is 0 Å². The summed E-state index contributed by atoms with van der Waals surface area (Å²) < 4.78 is 40.2. The lowest BCUT2D eigenvalue weighted by Gasteiger charge is -2.22. The lowest BCUT2D eigenvalue weighted by atomic mass is 9.88. The number of hydrogen-bond donors (Lipinski definition) is 1. The second kappa shape index (κ2) is 8.04. The summed E-state index contributed by atoms with van der Waals surface area (Å²) in [6.45, 7) is 0. The van der Waals surface area contributed by atoms with E-state index in [0.29, 0.717) is 18.9 Å². The SMILES string of the molecule is CN(C)C(=O)[C@H]1C[C@@H](NC(=O)c2ccc(F)cc2F)C[C@@H]1c1ccc(F)cc1. The van der Waals surface area contributed by atoms with Gasteiger partial charge in [0.1, 0.15) is 17.5 Å². The first-order chi connectivity index (χ1) is 13.3. The monoisotopic (exact) mass is 390 g/mol. The normalized spacial score (nSPS) is 21.4. The van der Waals surface area contributed by atoms with Crippen molar-refractivity contribution >= 4 is 11.8 Å². The quantitative estimate of drug-likeness (QED) is 0.869. The molecule has 2 amide bonds. The van der Waals surface area contributed by atoms with Gasteiger partial charge >= 0.3 is 0 Å². The van der Waals surface area contributed by atoms with Crippen molar-refractivity contribution in [1.82, 2.24) is 10.2 Å². The number of halogens is 3. The van der Waals surface area contributed by atoms with Crippen molar-refractivity contribution in [3.05, 3.63) is 71.0 Å². The van der Waals surface area contributed by atoms with E-state index in [4.69, 9.17) is 0 Å². The Balaban J connectivity index is 1.80. The number of nitrogens with zero attached hydrogens (tertiary/aromatic N) is 1. The molecule has 1 fully saturated rings. The number of nitrogens with one attached hydrogen (secondary N) is 1. The van der Waals surface area contributed by atoms with E-state index in [-0.39, 0.29) is 35.2 Å². The maximum Gasteiger partial charge on any atom is 0.254 e. The van der Waals surface area contributed by atoms with Crippen LogP contribution < -0.4 is 5.32 Å². The van der Waals surface area contributed by atoms with Crippen molar-refractivity contribution in [2.45, 2.75) is 24.8 Å². The molecule has 0 saturated heterocycles. The van der Waals surface area contributed by atoms with Crippen LogP contribution in [-0.4, -0.2) is 36.9 Å². The van der Waals surface area contributed by atoms with E-state index in [2.05, 4.69) is 5.32 Å². The van der Waals surface area contributed by atoms with Crippen LogP contribution in [0, 0.1) is 23.4 Å². The summed E-state index contributed by atoms with van der Waals surface area (Å²) in [5, 5.41) is 2.74. The Kier molecular flexibility index (Phi) is 5.72. The number of carbonyl (C=O) groups is 2. The molecule has 0 aliphatic heterocycles. The second-order valence-corrected chi connectivity index (χ2v) is 7.26. The van der Waals surface area contributed by atoms with Crippen LogP contribution in [-0.2, 0) is 4.79 Å². The number of amides is 2. The topological polar surface area (TPSA) is 49.4 Å². The van der Waals surface area contributed by atoms with Gasteiger partial charge < -0.3 is 10.2 Å². The van der Waals surface area contributed by atoms with Crippen molar-refractivity contribution in [2.75, 3.05) is 14.1 Å². The van der Waals surface area contributed by atoms with Gasteiger partial charge in [-0.15, -0.1) is 0 Å². The summed E-state index contributed by atoms with van der Waals surface area (Å²) in [5.74, 6) is -3.39. The van der Waals surface area contributed by atoms with E-state index < -0.39 is 17.5 Å².